The summed E-state index contributed by atoms with van der Waals surface area (Å²) in [7, 11) is 0. The second kappa shape index (κ2) is 5.10. The van der Waals surface area contributed by atoms with Crippen LogP contribution < -0.4 is 0 Å². The highest BCUT2D eigenvalue weighted by atomic mass is 19.1. The van der Waals surface area contributed by atoms with Crippen molar-refractivity contribution in [2.45, 2.75) is 31.9 Å². The van der Waals surface area contributed by atoms with E-state index in [2.05, 4.69) is 0 Å². The molecule has 0 radical (unpaired) electrons. The van der Waals surface area contributed by atoms with Gasteiger partial charge in [0.25, 0.3) is 0 Å². The molecule has 1 saturated heterocycles. The Kier molecular flexibility index (Phi) is 3.74. The smallest absolute Gasteiger partial charge is 0.130 e. The van der Waals surface area contributed by atoms with Gasteiger partial charge in [0.05, 0.1) is 6.10 Å². The van der Waals surface area contributed by atoms with Gasteiger partial charge < -0.3 is 5.11 Å². The van der Waals surface area contributed by atoms with Crippen LogP contribution in [0, 0.1) is 11.6 Å². The molecule has 1 N–H and O–H groups in total. The van der Waals surface area contributed by atoms with Crippen LogP contribution in [0.4, 0.5) is 8.78 Å². The highest BCUT2D eigenvalue weighted by Crippen LogP contribution is 2.28. The first-order valence-corrected chi connectivity index (χ1v) is 5.95. The van der Waals surface area contributed by atoms with E-state index < -0.39 is 11.6 Å². The predicted octanol–water partition coefficient (Wildman–Crippen LogP) is 2.48. The molecule has 1 fully saturated rings. The first-order valence-electron chi connectivity index (χ1n) is 5.95. The van der Waals surface area contributed by atoms with Crippen LogP contribution in [0.2, 0.25) is 0 Å². The SMILES string of the molecule is CC(c1c(F)cccc1F)N1CCC(O)CC1. The second-order valence-electron chi connectivity index (χ2n) is 4.58. The molecule has 1 atom stereocenters. The van der Waals surface area contributed by atoms with Crippen molar-refractivity contribution in [1.82, 2.24) is 4.90 Å². The number of nitrogens with zero attached hydrogens (tertiary/aromatic N) is 1. The summed E-state index contributed by atoms with van der Waals surface area (Å²) in [5.41, 5.74) is 0.129. The molecular weight excluding hydrogens is 224 g/mol. The van der Waals surface area contributed by atoms with Crippen molar-refractivity contribution in [3.05, 3.63) is 35.4 Å². The average molecular weight is 241 g/mol. The first-order chi connectivity index (χ1) is 8.09. The Labute approximate surface area is 99.9 Å². The fraction of sp³-hybridized carbons (Fsp3) is 0.538. The van der Waals surface area contributed by atoms with Crippen molar-refractivity contribution in [1.29, 1.82) is 0 Å². The van der Waals surface area contributed by atoms with E-state index in [4.69, 9.17) is 0 Å². The topological polar surface area (TPSA) is 23.5 Å². The van der Waals surface area contributed by atoms with Crippen molar-refractivity contribution in [2.24, 2.45) is 0 Å². The summed E-state index contributed by atoms with van der Waals surface area (Å²) in [6.45, 7) is 3.16. The molecule has 0 aromatic heterocycles. The third kappa shape index (κ3) is 2.64. The van der Waals surface area contributed by atoms with Gasteiger partial charge in [-0.3, -0.25) is 4.90 Å². The summed E-state index contributed by atoms with van der Waals surface area (Å²) in [5.74, 6) is -0.993. The first kappa shape index (κ1) is 12.5. The average Bonchev–Trinajstić information content (AvgIpc) is 2.29. The van der Waals surface area contributed by atoms with Gasteiger partial charge in [-0.25, -0.2) is 8.78 Å². The molecule has 94 valence electrons. The Balaban J connectivity index is 2.16. The van der Waals surface area contributed by atoms with Crippen LogP contribution in [-0.4, -0.2) is 29.2 Å². The molecule has 0 saturated carbocycles. The van der Waals surface area contributed by atoms with E-state index >= 15 is 0 Å². The lowest BCUT2D eigenvalue weighted by Crippen LogP contribution is -2.38. The minimum Gasteiger partial charge on any atom is -0.393 e. The molecule has 0 amide bonds. The maximum absolute atomic E-state index is 13.6. The van der Waals surface area contributed by atoms with Crippen LogP contribution in [0.15, 0.2) is 18.2 Å². The number of likely N-dealkylation sites (tertiary alicyclic amines) is 1. The Morgan fingerprint density at radius 1 is 1.24 bits per heavy atom. The van der Waals surface area contributed by atoms with Gasteiger partial charge in [-0.2, -0.15) is 0 Å². The fourth-order valence-electron chi connectivity index (χ4n) is 2.37. The molecule has 0 aliphatic carbocycles. The van der Waals surface area contributed by atoms with Crippen LogP contribution in [-0.2, 0) is 0 Å². The number of aliphatic hydroxyl groups excluding tert-OH is 1. The number of piperidine rings is 1. The lowest BCUT2D eigenvalue weighted by Gasteiger charge is -2.34. The van der Waals surface area contributed by atoms with E-state index in [9.17, 15) is 13.9 Å². The highest BCUT2D eigenvalue weighted by molar-refractivity contribution is 5.23. The Hall–Kier alpha value is -1.00. The van der Waals surface area contributed by atoms with Crippen LogP contribution in [0.1, 0.15) is 31.4 Å². The van der Waals surface area contributed by atoms with Crippen molar-refractivity contribution in [3.8, 4) is 0 Å². The summed E-state index contributed by atoms with van der Waals surface area (Å²) in [5, 5.41) is 9.41. The molecule has 1 heterocycles. The molecule has 0 bridgehead atoms. The van der Waals surface area contributed by atoms with Gasteiger partial charge in [-0.1, -0.05) is 6.07 Å². The van der Waals surface area contributed by atoms with Crippen LogP contribution >= 0.6 is 0 Å². The van der Waals surface area contributed by atoms with Crippen molar-refractivity contribution in [2.75, 3.05) is 13.1 Å². The number of benzene rings is 1. The fourth-order valence-corrected chi connectivity index (χ4v) is 2.37. The minimum absolute atomic E-state index is 0.129. The molecule has 1 unspecified atom stereocenters. The third-order valence-electron chi connectivity index (χ3n) is 3.46. The van der Waals surface area contributed by atoms with Gasteiger partial charge in [0, 0.05) is 24.7 Å². The molecule has 2 rings (SSSR count). The maximum atomic E-state index is 13.6. The maximum Gasteiger partial charge on any atom is 0.130 e. The lowest BCUT2D eigenvalue weighted by molar-refractivity contribution is 0.0629. The molecule has 4 heteroatoms. The number of rotatable bonds is 2. The third-order valence-corrected chi connectivity index (χ3v) is 3.46. The number of halogens is 2. The number of hydrogen-bond donors (Lipinski definition) is 1. The monoisotopic (exact) mass is 241 g/mol. The lowest BCUT2D eigenvalue weighted by atomic mass is 10.0. The van der Waals surface area contributed by atoms with Gasteiger partial charge in [0.1, 0.15) is 11.6 Å². The van der Waals surface area contributed by atoms with Crippen LogP contribution in [0.3, 0.4) is 0 Å². The Morgan fingerprint density at radius 3 is 2.29 bits per heavy atom. The number of hydrogen-bond acceptors (Lipinski definition) is 2. The van der Waals surface area contributed by atoms with Crippen molar-refractivity contribution >= 4 is 0 Å². The molecular formula is C13H17F2NO. The second-order valence-corrected chi connectivity index (χ2v) is 4.58. The molecule has 1 aliphatic heterocycles. The molecule has 1 aromatic carbocycles. The Morgan fingerprint density at radius 2 is 1.76 bits per heavy atom. The van der Waals surface area contributed by atoms with Crippen LogP contribution in [0.5, 0.6) is 0 Å². The zero-order chi connectivity index (χ0) is 12.4. The highest BCUT2D eigenvalue weighted by Gasteiger charge is 2.25. The summed E-state index contributed by atoms with van der Waals surface area (Å²) in [6.07, 6.45) is 1.06. The zero-order valence-electron chi connectivity index (χ0n) is 9.87. The summed E-state index contributed by atoms with van der Waals surface area (Å²) in [4.78, 5) is 2.01. The Bertz CT molecular complexity index is 369. The van der Waals surface area contributed by atoms with E-state index in [0.717, 1.165) is 0 Å². The quantitative estimate of drug-likeness (QED) is 0.860. The van der Waals surface area contributed by atoms with Crippen molar-refractivity contribution < 1.29 is 13.9 Å². The predicted molar refractivity (Wildman–Crippen MR) is 61.6 cm³/mol. The molecule has 1 aromatic rings. The standard InChI is InChI=1S/C13H17F2NO/c1-9(16-7-5-10(17)6-8-16)13-11(14)3-2-4-12(13)15/h2-4,9-10,17H,5-8H2,1H3. The van der Waals surface area contributed by atoms with Gasteiger partial charge >= 0.3 is 0 Å². The van der Waals surface area contributed by atoms with Gasteiger partial charge in [0.15, 0.2) is 0 Å². The molecule has 2 nitrogen and oxygen atoms in total. The summed E-state index contributed by atoms with van der Waals surface area (Å²) in [6, 6.07) is 3.66. The van der Waals surface area contributed by atoms with Gasteiger partial charge in [-0.05, 0) is 31.9 Å². The van der Waals surface area contributed by atoms with Crippen molar-refractivity contribution in [3.63, 3.8) is 0 Å². The van der Waals surface area contributed by atoms with E-state index in [-0.39, 0.29) is 17.7 Å². The van der Waals surface area contributed by atoms with Gasteiger partial charge in [0.2, 0.25) is 0 Å². The van der Waals surface area contributed by atoms with E-state index in [1.54, 1.807) is 6.92 Å². The van der Waals surface area contributed by atoms with Gasteiger partial charge in [-0.15, -0.1) is 0 Å². The minimum atomic E-state index is -0.497. The largest absolute Gasteiger partial charge is 0.393 e. The summed E-state index contributed by atoms with van der Waals surface area (Å²) >= 11 is 0. The zero-order valence-corrected chi connectivity index (χ0v) is 9.87. The normalized spacial score (nSPS) is 20.5. The number of aliphatic hydroxyl groups is 1. The molecule has 17 heavy (non-hydrogen) atoms. The molecule has 0 spiro atoms. The van der Waals surface area contributed by atoms with E-state index in [0.29, 0.717) is 25.9 Å². The summed E-state index contributed by atoms with van der Waals surface area (Å²) < 4.78 is 27.2. The van der Waals surface area contributed by atoms with E-state index in [1.165, 1.54) is 18.2 Å². The molecule has 1 aliphatic rings. The van der Waals surface area contributed by atoms with E-state index in [1.807, 2.05) is 4.90 Å². The van der Waals surface area contributed by atoms with Crippen LogP contribution in [0.25, 0.3) is 0 Å².